The Labute approximate surface area is 163 Å². The number of hydrogen-bond donors (Lipinski definition) is 3. The summed E-state index contributed by atoms with van der Waals surface area (Å²) in [6.07, 6.45) is 3.05. The van der Waals surface area contributed by atoms with E-state index in [1.165, 1.54) is 0 Å². The molecular formula is C19H25N3O4S. The molecule has 2 aliphatic rings. The number of hydrogen-bond acceptors (Lipinski definition) is 5. The van der Waals surface area contributed by atoms with Gasteiger partial charge < -0.3 is 20.7 Å². The quantitative estimate of drug-likeness (QED) is 0.338. The fourth-order valence-corrected chi connectivity index (χ4v) is 4.89. The van der Waals surface area contributed by atoms with Crippen molar-refractivity contribution < 1.29 is 19.1 Å². The second-order valence-corrected chi connectivity index (χ2v) is 7.98. The molecule has 2 heterocycles. The first-order valence-corrected chi connectivity index (χ1v) is 10.4. The number of thioether (sulfide) groups is 1. The van der Waals surface area contributed by atoms with Crippen molar-refractivity contribution in [1.29, 1.82) is 0 Å². The van der Waals surface area contributed by atoms with Gasteiger partial charge in [-0.1, -0.05) is 24.6 Å². The summed E-state index contributed by atoms with van der Waals surface area (Å²) in [5, 5.41) is 9.04. The Morgan fingerprint density at radius 2 is 2.00 bits per heavy atom. The predicted octanol–water partition coefficient (Wildman–Crippen LogP) is 1.69. The molecule has 2 saturated heterocycles. The van der Waals surface area contributed by atoms with Gasteiger partial charge in [0.25, 0.3) is 5.91 Å². The molecule has 3 atom stereocenters. The van der Waals surface area contributed by atoms with Gasteiger partial charge in [0.2, 0.25) is 0 Å². The Hall–Kier alpha value is -2.22. The van der Waals surface area contributed by atoms with Crippen LogP contribution in [0.25, 0.3) is 0 Å². The molecule has 0 radical (unpaired) electrons. The van der Waals surface area contributed by atoms with Gasteiger partial charge in [-0.2, -0.15) is 11.8 Å². The molecule has 0 aliphatic carbocycles. The SMILES string of the molecule is O=C1N[C@@H]2[C@H](CCCCC(=O)OCCNC(=O)c3ccccc3)SC[C@H]2N1. The van der Waals surface area contributed by atoms with E-state index in [1.54, 1.807) is 24.3 Å². The molecule has 146 valence electrons. The van der Waals surface area contributed by atoms with Gasteiger partial charge in [0.1, 0.15) is 6.61 Å². The van der Waals surface area contributed by atoms with E-state index in [0.29, 0.717) is 23.8 Å². The first-order chi connectivity index (χ1) is 13.1. The van der Waals surface area contributed by atoms with Gasteiger partial charge in [0.15, 0.2) is 0 Å². The molecule has 0 aromatic heterocycles. The maximum Gasteiger partial charge on any atom is 0.315 e. The number of benzene rings is 1. The van der Waals surface area contributed by atoms with Gasteiger partial charge in [-0.05, 0) is 25.0 Å². The molecule has 1 aromatic carbocycles. The van der Waals surface area contributed by atoms with Crippen molar-refractivity contribution in [1.82, 2.24) is 16.0 Å². The van der Waals surface area contributed by atoms with Crippen molar-refractivity contribution in [2.45, 2.75) is 43.0 Å². The van der Waals surface area contributed by atoms with Gasteiger partial charge in [-0.25, -0.2) is 4.79 Å². The molecule has 3 amide bonds. The number of carbonyl (C=O) groups excluding carboxylic acids is 3. The van der Waals surface area contributed by atoms with Crippen molar-refractivity contribution >= 4 is 29.7 Å². The Morgan fingerprint density at radius 1 is 1.19 bits per heavy atom. The second kappa shape index (κ2) is 9.64. The minimum absolute atomic E-state index is 0.0711. The predicted molar refractivity (Wildman–Crippen MR) is 104 cm³/mol. The van der Waals surface area contributed by atoms with Crippen LogP contribution in [-0.4, -0.2) is 54.1 Å². The van der Waals surface area contributed by atoms with E-state index in [-0.39, 0.29) is 36.6 Å². The third-order valence-electron chi connectivity index (χ3n) is 4.74. The van der Waals surface area contributed by atoms with Crippen molar-refractivity contribution in [3.63, 3.8) is 0 Å². The number of unbranched alkanes of at least 4 members (excludes halogenated alkanes) is 1. The first kappa shape index (κ1) is 19.5. The van der Waals surface area contributed by atoms with Crippen LogP contribution in [0.4, 0.5) is 4.79 Å². The fraction of sp³-hybridized carbons (Fsp3) is 0.526. The number of ether oxygens (including phenoxy) is 1. The molecule has 0 saturated carbocycles. The molecular weight excluding hydrogens is 366 g/mol. The van der Waals surface area contributed by atoms with Crippen LogP contribution in [0.1, 0.15) is 36.0 Å². The lowest BCUT2D eigenvalue weighted by Crippen LogP contribution is -2.36. The summed E-state index contributed by atoms with van der Waals surface area (Å²) in [4.78, 5) is 35.0. The van der Waals surface area contributed by atoms with Gasteiger partial charge in [0.05, 0.1) is 18.6 Å². The highest BCUT2D eigenvalue weighted by molar-refractivity contribution is 8.00. The van der Waals surface area contributed by atoms with Crippen LogP contribution >= 0.6 is 11.8 Å². The van der Waals surface area contributed by atoms with Gasteiger partial charge in [0, 0.05) is 23.0 Å². The van der Waals surface area contributed by atoms with Crippen LogP contribution in [-0.2, 0) is 9.53 Å². The zero-order valence-electron chi connectivity index (χ0n) is 15.1. The highest BCUT2D eigenvalue weighted by Crippen LogP contribution is 2.33. The van der Waals surface area contributed by atoms with E-state index < -0.39 is 0 Å². The van der Waals surface area contributed by atoms with E-state index in [0.717, 1.165) is 25.0 Å². The van der Waals surface area contributed by atoms with Crippen LogP contribution in [0.3, 0.4) is 0 Å². The van der Waals surface area contributed by atoms with E-state index in [9.17, 15) is 14.4 Å². The zero-order chi connectivity index (χ0) is 19.1. The lowest BCUT2D eigenvalue weighted by Gasteiger charge is -2.16. The van der Waals surface area contributed by atoms with Crippen molar-refractivity contribution in [3.8, 4) is 0 Å². The summed E-state index contributed by atoms with van der Waals surface area (Å²) in [5.41, 5.74) is 0.588. The molecule has 8 heteroatoms. The molecule has 27 heavy (non-hydrogen) atoms. The topological polar surface area (TPSA) is 96.5 Å². The van der Waals surface area contributed by atoms with Gasteiger partial charge >= 0.3 is 12.0 Å². The standard InChI is InChI=1S/C19H25N3O4S/c23-16(26-11-10-20-18(24)13-6-2-1-3-7-13)9-5-4-8-15-17-14(12-27-15)21-19(25)22-17/h1-3,6-7,14-15,17H,4-5,8-12H2,(H,20,24)(H2,21,22,25)/t14-,15+,17+/m1/s1. The number of carbonyl (C=O) groups is 3. The number of esters is 1. The number of urea groups is 1. The maximum atomic E-state index is 11.8. The lowest BCUT2D eigenvalue weighted by atomic mass is 10.0. The number of nitrogens with one attached hydrogen (secondary N) is 3. The molecule has 0 unspecified atom stereocenters. The first-order valence-electron chi connectivity index (χ1n) is 9.31. The minimum atomic E-state index is -0.239. The highest BCUT2D eigenvalue weighted by atomic mass is 32.2. The summed E-state index contributed by atoms with van der Waals surface area (Å²) in [5.74, 6) is 0.536. The molecule has 7 nitrogen and oxygen atoms in total. The van der Waals surface area contributed by atoms with Gasteiger partial charge in [-0.15, -0.1) is 0 Å². The summed E-state index contributed by atoms with van der Waals surface area (Å²) >= 11 is 1.88. The normalized spacial score (nSPS) is 23.3. The fourth-order valence-electron chi connectivity index (χ4n) is 3.35. The second-order valence-electron chi connectivity index (χ2n) is 6.71. The van der Waals surface area contributed by atoms with E-state index in [4.69, 9.17) is 4.74 Å². The number of rotatable bonds is 9. The molecule has 3 rings (SSSR count). The van der Waals surface area contributed by atoms with Crippen LogP contribution in [0.5, 0.6) is 0 Å². The van der Waals surface area contributed by atoms with Crippen LogP contribution in [0, 0.1) is 0 Å². The smallest absolute Gasteiger partial charge is 0.315 e. The average Bonchev–Trinajstić information content (AvgIpc) is 3.22. The molecule has 0 bridgehead atoms. The van der Waals surface area contributed by atoms with E-state index in [2.05, 4.69) is 16.0 Å². The molecule has 3 N–H and O–H groups in total. The number of fused-ring (bicyclic) bond motifs is 1. The third kappa shape index (κ3) is 5.63. The number of amides is 3. The van der Waals surface area contributed by atoms with Crippen LogP contribution in [0.15, 0.2) is 30.3 Å². The molecule has 1 aromatic rings. The third-order valence-corrected chi connectivity index (χ3v) is 6.25. The summed E-state index contributed by atoms with van der Waals surface area (Å²) in [7, 11) is 0. The highest BCUT2D eigenvalue weighted by Gasteiger charge is 2.42. The zero-order valence-corrected chi connectivity index (χ0v) is 15.9. The van der Waals surface area contributed by atoms with E-state index >= 15 is 0 Å². The summed E-state index contributed by atoms with van der Waals surface area (Å²) < 4.78 is 5.16. The molecule has 2 aliphatic heterocycles. The Balaban J connectivity index is 1.22. The van der Waals surface area contributed by atoms with Crippen LogP contribution < -0.4 is 16.0 Å². The Morgan fingerprint density at radius 3 is 2.81 bits per heavy atom. The summed E-state index contributed by atoms with van der Waals surface area (Å²) in [6, 6.07) is 9.30. The minimum Gasteiger partial charge on any atom is -0.464 e. The van der Waals surface area contributed by atoms with E-state index in [1.807, 2.05) is 17.8 Å². The van der Waals surface area contributed by atoms with Crippen molar-refractivity contribution in [2.75, 3.05) is 18.9 Å². The maximum absolute atomic E-state index is 11.8. The lowest BCUT2D eigenvalue weighted by molar-refractivity contribution is -0.143. The van der Waals surface area contributed by atoms with Crippen molar-refractivity contribution in [2.24, 2.45) is 0 Å². The average molecular weight is 391 g/mol. The Kier molecular flexibility index (Phi) is 6.98. The molecule has 2 fully saturated rings. The Bertz CT molecular complexity index is 670. The monoisotopic (exact) mass is 391 g/mol. The molecule has 0 spiro atoms. The summed E-state index contributed by atoms with van der Waals surface area (Å²) in [6.45, 7) is 0.477. The van der Waals surface area contributed by atoms with Gasteiger partial charge in [-0.3, -0.25) is 9.59 Å². The largest absolute Gasteiger partial charge is 0.464 e. The van der Waals surface area contributed by atoms with Crippen LogP contribution in [0.2, 0.25) is 0 Å². The van der Waals surface area contributed by atoms with Crippen molar-refractivity contribution in [3.05, 3.63) is 35.9 Å².